The van der Waals surface area contributed by atoms with Crippen LogP contribution in [0.1, 0.15) is 20.1 Å². The van der Waals surface area contributed by atoms with Crippen LogP contribution in [0.2, 0.25) is 0 Å². The van der Waals surface area contributed by atoms with Crippen LogP contribution in [0.3, 0.4) is 0 Å². The van der Waals surface area contributed by atoms with Gasteiger partial charge in [0.25, 0.3) is 5.56 Å². The molecule has 4 rings (SSSR count). The maximum Gasteiger partial charge on any atom is 0.280 e. The number of hydrogen-bond acceptors (Lipinski definition) is 10. The first-order valence-corrected chi connectivity index (χ1v) is 9.71. The van der Waals surface area contributed by atoms with Crippen molar-refractivity contribution in [2.24, 2.45) is 0 Å². The monoisotopic (exact) mass is 409 g/mol. The highest BCUT2D eigenvalue weighted by molar-refractivity contribution is 5.75. The van der Waals surface area contributed by atoms with E-state index in [2.05, 4.69) is 33.7 Å². The Morgan fingerprint density at radius 2 is 1.90 bits per heavy atom. The number of aliphatic hydroxyl groups is 3. The number of ether oxygens (including phenoxy) is 1. The molecule has 0 radical (unpaired) electrons. The molecule has 6 N–H and O–H groups in total. The molecule has 4 heterocycles. The van der Waals surface area contributed by atoms with Gasteiger partial charge in [-0.05, 0) is 13.8 Å². The van der Waals surface area contributed by atoms with E-state index in [-0.39, 0.29) is 17.1 Å². The summed E-state index contributed by atoms with van der Waals surface area (Å²) in [5.41, 5.74) is 5.45. The summed E-state index contributed by atoms with van der Waals surface area (Å²) in [5, 5.41) is 30.2. The summed E-state index contributed by atoms with van der Waals surface area (Å²) in [6, 6.07) is 0.417. The van der Waals surface area contributed by atoms with Crippen molar-refractivity contribution in [2.45, 2.75) is 44.4 Å². The SMILES string of the molecule is CC(C)N1CCN(c2nc3c(=O)[nH]c(N)nc3n2C2OC(CO)C(O)C2O)CC1. The summed E-state index contributed by atoms with van der Waals surface area (Å²) in [6.07, 6.45) is -4.65. The van der Waals surface area contributed by atoms with Crippen molar-refractivity contribution >= 4 is 23.1 Å². The Morgan fingerprint density at radius 3 is 2.48 bits per heavy atom. The van der Waals surface area contributed by atoms with E-state index < -0.39 is 36.7 Å². The number of H-pyrrole nitrogens is 1. The smallest absolute Gasteiger partial charge is 0.280 e. The molecule has 0 aromatic carbocycles. The lowest BCUT2D eigenvalue weighted by molar-refractivity contribution is -0.0505. The van der Waals surface area contributed by atoms with Crippen molar-refractivity contribution in [3.8, 4) is 0 Å². The molecule has 29 heavy (non-hydrogen) atoms. The van der Waals surface area contributed by atoms with Gasteiger partial charge in [-0.3, -0.25) is 19.2 Å². The number of piperazine rings is 1. The summed E-state index contributed by atoms with van der Waals surface area (Å²) >= 11 is 0. The second-order valence-electron chi connectivity index (χ2n) is 7.75. The molecule has 2 aromatic heterocycles. The maximum absolute atomic E-state index is 12.4. The third-order valence-electron chi connectivity index (χ3n) is 5.65. The summed E-state index contributed by atoms with van der Waals surface area (Å²) in [7, 11) is 0. The molecule has 12 heteroatoms. The Kier molecular flexibility index (Phi) is 5.21. The lowest BCUT2D eigenvalue weighted by atomic mass is 10.1. The maximum atomic E-state index is 12.4. The van der Waals surface area contributed by atoms with Gasteiger partial charge < -0.3 is 30.7 Å². The first-order chi connectivity index (χ1) is 13.8. The van der Waals surface area contributed by atoms with Crippen molar-refractivity contribution in [1.29, 1.82) is 0 Å². The zero-order valence-electron chi connectivity index (χ0n) is 16.4. The Morgan fingerprint density at radius 1 is 1.21 bits per heavy atom. The first kappa shape index (κ1) is 20.0. The molecule has 2 saturated heterocycles. The van der Waals surface area contributed by atoms with Gasteiger partial charge in [-0.15, -0.1) is 0 Å². The molecule has 0 bridgehead atoms. The largest absolute Gasteiger partial charge is 0.394 e. The lowest BCUT2D eigenvalue weighted by Crippen LogP contribution is -2.49. The van der Waals surface area contributed by atoms with E-state index >= 15 is 0 Å². The predicted octanol–water partition coefficient (Wildman–Crippen LogP) is -2.16. The summed E-state index contributed by atoms with van der Waals surface area (Å²) < 4.78 is 7.20. The number of anilines is 2. The van der Waals surface area contributed by atoms with Crippen LogP contribution < -0.4 is 16.2 Å². The van der Waals surface area contributed by atoms with Gasteiger partial charge in [0.15, 0.2) is 17.4 Å². The summed E-state index contributed by atoms with van der Waals surface area (Å²) in [6.45, 7) is 6.74. The van der Waals surface area contributed by atoms with Crippen molar-refractivity contribution in [1.82, 2.24) is 24.4 Å². The normalized spacial score (nSPS) is 28.7. The number of imidazole rings is 1. The quantitative estimate of drug-likeness (QED) is 0.375. The van der Waals surface area contributed by atoms with Crippen LogP contribution >= 0.6 is 0 Å². The number of fused-ring (bicyclic) bond motifs is 1. The van der Waals surface area contributed by atoms with E-state index in [9.17, 15) is 20.1 Å². The van der Waals surface area contributed by atoms with E-state index in [0.29, 0.717) is 25.1 Å². The molecule has 4 atom stereocenters. The number of nitrogens with two attached hydrogens (primary N) is 1. The van der Waals surface area contributed by atoms with Gasteiger partial charge in [-0.2, -0.15) is 4.98 Å². The number of rotatable bonds is 4. The van der Waals surface area contributed by atoms with Crippen molar-refractivity contribution in [3.63, 3.8) is 0 Å². The Bertz CT molecular complexity index is 936. The van der Waals surface area contributed by atoms with Gasteiger partial charge >= 0.3 is 0 Å². The molecular formula is C17H27N7O5. The third kappa shape index (κ3) is 3.36. The van der Waals surface area contributed by atoms with Gasteiger partial charge in [0.1, 0.15) is 18.3 Å². The highest BCUT2D eigenvalue weighted by atomic mass is 16.6. The Hall–Kier alpha value is -2.25. The first-order valence-electron chi connectivity index (χ1n) is 9.71. The average Bonchev–Trinajstić information content (AvgIpc) is 3.20. The fraction of sp³-hybridized carbons (Fsp3) is 0.706. The highest BCUT2D eigenvalue weighted by Gasteiger charge is 2.45. The van der Waals surface area contributed by atoms with Gasteiger partial charge in [-0.1, -0.05) is 0 Å². The van der Waals surface area contributed by atoms with E-state index in [0.717, 1.165) is 13.1 Å². The minimum atomic E-state index is -1.33. The van der Waals surface area contributed by atoms with Crippen LogP contribution in [-0.2, 0) is 4.74 Å². The number of nitrogens with one attached hydrogen (secondary N) is 1. The van der Waals surface area contributed by atoms with Gasteiger partial charge in [-0.25, -0.2) is 4.98 Å². The molecule has 4 unspecified atom stereocenters. The van der Waals surface area contributed by atoms with Crippen molar-refractivity contribution in [3.05, 3.63) is 10.4 Å². The zero-order chi connectivity index (χ0) is 20.9. The number of hydrogen-bond donors (Lipinski definition) is 5. The third-order valence-corrected chi connectivity index (χ3v) is 5.65. The second kappa shape index (κ2) is 7.54. The molecule has 12 nitrogen and oxygen atoms in total. The van der Waals surface area contributed by atoms with Crippen LogP contribution in [-0.4, -0.2) is 96.9 Å². The molecule has 2 aliphatic heterocycles. The summed E-state index contributed by atoms with van der Waals surface area (Å²) in [5.74, 6) is 0.313. The van der Waals surface area contributed by atoms with Crippen molar-refractivity contribution < 1.29 is 20.1 Å². The molecule has 2 fully saturated rings. The molecule has 0 aliphatic carbocycles. The number of aromatic nitrogens is 4. The molecule has 0 amide bonds. The molecular weight excluding hydrogens is 382 g/mol. The number of nitrogen functional groups attached to an aromatic ring is 1. The van der Waals surface area contributed by atoms with Crippen LogP contribution in [0.5, 0.6) is 0 Å². The van der Waals surface area contributed by atoms with E-state index in [4.69, 9.17) is 10.5 Å². The fourth-order valence-corrected chi connectivity index (χ4v) is 3.98. The molecule has 2 aliphatic rings. The lowest BCUT2D eigenvalue weighted by Gasteiger charge is -2.38. The zero-order valence-corrected chi connectivity index (χ0v) is 16.4. The Labute approximate surface area is 166 Å². The molecule has 160 valence electrons. The number of nitrogens with zero attached hydrogens (tertiary/aromatic N) is 5. The molecule has 0 spiro atoms. The van der Waals surface area contributed by atoms with Crippen LogP contribution in [0.4, 0.5) is 11.9 Å². The van der Waals surface area contributed by atoms with Gasteiger partial charge in [0.2, 0.25) is 11.9 Å². The highest BCUT2D eigenvalue weighted by Crippen LogP contribution is 2.35. The minimum absolute atomic E-state index is 0.0678. The van der Waals surface area contributed by atoms with Crippen LogP contribution in [0.15, 0.2) is 4.79 Å². The summed E-state index contributed by atoms with van der Waals surface area (Å²) in [4.78, 5) is 27.8. The fourth-order valence-electron chi connectivity index (χ4n) is 3.98. The number of aromatic amines is 1. The molecule has 2 aromatic rings. The second-order valence-corrected chi connectivity index (χ2v) is 7.75. The Balaban J connectivity index is 1.79. The van der Waals surface area contributed by atoms with E-state index in [1.165, 1.54) is 4.57 Å². The average molecular weight is 409 g/mol. The van der Waals surface area contributed by atoms with E-state index in [1.54, 1.807) is 0 Å². The van der Waals surface area contributed by atoms with Crippen LogP contribution in [0.25, 0.3) is 11.2 Å². The molecule has 0 saturated carbocycles. The number of aliphatic hydroxyl groups excluding tert-OH is 3. The topological polar surface area (TPSA) is 166 Å². The van der Waals surface area contributed by atoms with Crippen molar-refractivity contribution in [2.75, 3.05) is 43.4 Å². The van der Waals surface area contributed by atoms with Gasteiger partial charge in [0.05, 0.1) is 6.61 Å². The van der Waals surface area contributed by atoms with E-state index in [1.807, 2.05) is 4.90 Å². The minimum Gasteiger partial charge on any atom is -0.394 e. The standard InChI is InChI=1S/C17H27N7O5/c1-8(2)22-3-5-23(6-4-22)17-19-10-13(20-16(18)21-14(10)28)24(17)15-12(27)11(26)9(7-25)29-15/h8-9,11-12,15,25-27H,3-7H2,1-2H3,(H3,18,20,21,28). The van der Waals surface area contributed by atoms with Gasteiger partial charge in [0, 0.05) is 32.2 Å². The predicted molar refractivity (Wildman–Crippen MR) is 104 cm³/mol. The van der Waals surface area contributed by atoms with Crippen LogP contribution in [0, 0.1) is 0 Å².